The van der Waals surface area contributed by atoms with Crippen molar-refractivity contribution in [2.75, 3.05) is 26.4 Å². The van der Waals surface area contributed by atoms with Gasteiger partial charge in [-0.2, -0.15) is 4.31 Å². The molecule has 0 aliphatic carbocycles. The van der Waals surface area contributed by atoms with Crippen molar-refractivity contribution in [3.63, 3.8) is 0 Å². The minimum Gasteiger partial charge on any atom is -0.488 e. The molecule has 1 unspecified atom stereocenters. The van der Waals surface area contributed by atoms with Crippen LogP contribution in [-0.4, -0.2) is 45.5 Å². The van der Waals surface area contributed by atoms with Gasteiger partial charge in [0.05, 0.1) is 24.2 Å². The van der Waals surface area contributed by atoms with E-state index in [0.717, 1.165) is 5.56 Å². The second kappa shape index (κ2) is 8.11. The van der Waals surface area contributed by atoms with Gasteiger partial charge in [0.2, 0.25) is 10.0 Å². The van der Waals surface area contributed by atoms with Crippen LogP contribution in [0.1, 0.15) is 11.6 Å². The van der Waals surface area contributed by atoms with E-state index in [1.807, 2.05) is 30.3 Å². The number of hydrogen-bond acceptors (Lipinski definition) is 4. The number of rotatable bonds is 6. The SMILES string of the molecule is O=S(=O)(c1ccc(OCC(F)F)cc1)N1CCOCC1c1ccccc1. The normalized spacial score (nSPS) is 18.8. The van der Waals surface area contributed by atoms with E-state index in [1.165, 1.54) is 28.6 Å². The molecule has 0 amide bonds. The summed E-state index contributed by atoms with van der Waals surface area (Å²) >= 11 is 0. The van der Waals surface area contributed by atoms with Gasteiger partial charge >= 0.3 is 0 Å². The highest BCUT2D eigenvalue weighted by Crippen LogP contribution is 2.30. The molecule has 0 spiro atoms. The molecule has 2 aromatic carbocycles. The minimum atomic E-state index is -3.76. The Labute approximate surface area is 151 Å². The van der Waals surface area contributed by atoms with Crippen molar-refractivity contribution in [1.82, 2.24) is 4.31 Å². The zero-order valence-corrected chi connectivity index (χ0v) is 14.7. The zero-order valence-electron chi connectivity index (χ0n) is 13.9. The predicted molar refractivity (Wildman–Crippen MR) is 91.8 cm³/mol. The summed E-state index contributed by atoms with van der Waals surface area (Å²) in [5, 5.41) is 0. The first-order valence-electron chi connectivity index (χ1n) is 8.14. The van der Waals surface area contributed by atoms with Gasteiger partial charge in [0.1, 0.15) is 12.4 Å². The van der Waals surface area contributed by atoms with Crippen molar-refractivity contribution >= 4 is 10.0 Å². The monoisotopic (exact) mass is 383 g/mol. The largest absolute Gasteiger partial charge is 0.488 e. The van der Waals surface area contributed by atoms with Gasteiger partial charge in [-0.15, -0.1) is 0 Å². The third kappa shape index (κ3) is 4.20. The first-order valence-corrected chi connectivity index (χ1v) is 9.58. The predicted octanol–water partition coefficient (Wildman–Crippen LogP) is 3.09. The average molecular weight is 383 g/mol. The maximum atomic E-state index is 13.1. The van der Waals surface area contributed by atoms with E-state index in [1.54, 1.807) is 0 Å². The molecule has 1 aliphatic rings. The van der Waals surface area contributed by atoms with Crippen molar-refractivity contribution in [3.8, 4) is 5.75 Å². The van der Waals surface area contributed by atoms with E-state index >= 15 is 0 Å². The van der Waals surface area contributed by atoms with Gasteiger partial charge in [-0.05, 0) is 29.8 Å². The van der Waals surface area contributed by atoms with Crippen molar-refractivity contribution in [2.24, 2.45) is 0 Å². The summed E-state index contributed by atoms with van der Waals surface area (Å²) < 4.78 is 62.3. The van der Waals surface area contributed by atoms with Crippen molar-refractivity contribution in [2.45, 2.75) is 17.4 Å². The van der Waals surface area contributed by atoms with Crippen LogP contribution < -0.4 is 4.74 Å². The lowest BCUT2D eigenvalue weighted by molar-refractivity contribution is 0.0320. The summed E-state index contributed by atoms with van der Waals surface area (Å²) in [5.74, 6) is 0.200. The van der Waals surface area contributed by atoms with Crippen molar-refractivity contribution in [1.29, 1.82) is 0 Å². The number of halogens is 2. The molecular formula is C18H19F2NO4S. The molecule has 8 heteroatoms. The van der Waals surface area contributed by atoms with Crippen LogP contribution >= 0.6 is 0 Å². The standard InChI is InChI=1S/C18H19F2NO4S/c19-18(20)13-25-15-6-8-16(9-7-15)26(22,23)21-10-11-24-12-17(21)14-4-2-1-3-5-14/h1-9,17-18H,10-13H2. The molecule has 2 aromatic rings. The lowest BCUT2D eigenvalue weighted by atomic mass is 10.1. The average Bonchev–Trinajstić information content (AvgIpc) is 2.67. The maximum absolute atomic E-state index is 13.1. The maximum Gasteiger partial charge on any atom is 0.272 e. The molecule has 1 aliphatic heterocycles. The number of ether oxygens (including phenoxy) is 2. The number of hydrogen-bond donors (Lipinski definition) is 0. The highest BCUT2D eigenvalue weighted by molar-refractivity contribution is 7.89. The van der Waals surface area contributed by atoms with E-state index < -0.39 is 29.1 Å². The Morgan fingerprint density at radius 2 is 1.81 bits per heavy atom. The van der Waals surface area contributed by atoms with Gasteiger partial charge in [0.25, 0.3) is 6.43 Å². The Balaban J connectivity index is 1.83. The van der Waals surface area contributed by atoms with Crippen LogP contribution in [0.4, 0.5) is 8.78 Å². The molecule has 26 heavy (non-hydrogen) atoms. The molecule has 140 valence electrons. The molecule has 0 aromatic heterocycles. The van der Waals surface area contributed by atoms with Crippen molar-refractivity contribution < 1.29 is 26.7 Å². The molecule has 3 rings (SSSR count). The fourth-order valence-corrected chi connectivity index (χ4v) is 4.40. The van der Waals surface area contributed by atoms with Crippen LogP contribution in [0, 0.1) is 0 Å². The van der Waals surface area contributed by atoms with Gasteiger partial charge in [-0.1, -0.05) is 30.3 Å². The fourth-order valence-electron chi connectivity index (χ4n) is 2.82. The zero-order chi connectivity index (χ0) is 18.6. The summed E-state index contributed by atoms with van der Waals surface area (Å²) in [6.07, 6.45) is -2.58. The lowest BCUT2D eigenvalue weighted by Crippen LogP contribution is -2.43. The van der Waals surface area contributed by atoms with Gasteiger partial charge < -0.3 is 9.47 Å². The topological polar surface area (TPSA) is 55.8 Å². The first kappa shape index (κ1) is 18.8. The Bertz CT molecular complexity index is 813. The number of alkyl halides is 2. The molecule has 0 radical (unpaired) electrons. The quantitative estimate of drug-likeness (QED) is 0.769. The van der Waals surface area contributed by atoms with E-state index in [-0.39, 0.29) is 23.8 Å². The fraction of sp³-hybridized carbons (Fsp3) is 0.333. The third-order valence-electron chi connectivity index (χ3n) is 4.07. The lowest BCUT2D eigenvalue weighted by Gasteiger charge is -2.34. The minimum absolute atomic E-state index is 0.0877. The third-order valence-corrected chi connectivity index (χ3v) is 5.99. The van der Waals surface area contributed by atoms with Crippen LogP contribution in [-0.2, 0) is 14.8 Å². The Morgan fingerprint density at radius 3 is 2.46 bits per heavy atom. The van der Waals surface area contributed by atoms with Crippen LogP contribution in [0.5, 0.6) is 5.75 Å². The molecule has 0 saturated carbocycles. The van der Waals surface area contributed by atoms with E-state index in [0.29, 0.717) is 6.61 Å². The number of sulfonamides is 1. The molecule has 1 saturated heterocycles. The van der Waals surface area contributed by atoms with E-state index in [2.05, 4.69) is 0 Å². The van der Waals surface area contributed by atoms with Gasteiger partial charge in [-0.3, -0.25) is 0 Å². The molecule has 1 atom stereocenters. The summed E-state index contributed by atoms with van der Waals surface area (Å²) in [6, 6.07) is 14.4. The molecule has 0 bridgehead atoms. The molecular weight excluding hydrogens is 364 g/mol. The first-order chi connectivity index (χ1) is 12.5. The van der Waals surface area contributed by atoms with Crippen molar-refractivity contribution in [3.05, 3.63) is 60.2 Å². The summed E-state index contributed by atoms with van der Waals surface area (Å²) in [5.41, 5.74) is 0.854. The van der Waals surface area contributed by atoms with Gasteiger partial charge in [0, 0.05) is 6.54 Å². The van der Waals surface area contributed by atoms with Crippen LogP contribution in [0.3, 0.4) is 0 Å². The molecule has 0 N–H and O–H groups in total. The van der Waals surface area contributed by atoms with Crippen LogP contribution in [0.2, 0.25) is 0 Å². The van der Waals surface area contributed by atoms with Crippen LogP contribution in [0.25, 0.3) is 0 Å². The number of morpholine rings is 1. The highest BCUT2D eigenvalue weighted by atomic mass is 32.2. The van der Waals surface area contributed by atoms with Gasteiger partial charge in [0.15, 0.2) is 0 Å². The highest BCUT2D eigenvalue weighted by Gasteiger charge is 2.34. The smallest absolute Gasteiger partial charge is 0.272 e. The Morgan fingerprint density at radius 1 is 1.12 bits per heavy atom. The number of benzene rings is 2. The van der Waals surface area contributed by atoms with Crippen LogP contribution in [0.15, 0.2) is 59.5 Å². The van der Waals surface area contributed by atoms with Gasteiger partial charge in [-0.25, -0.2) is 17.2 Å². The van der Waals surface area contributed by atoms with E-state index in [9.17, 15) is 17.2 Å². The second-order valence-corrected chi connectivity index (χ2v) is 7.68. The second-order valence-electron chi connectivity index (χ2n) is 5.79. The molecule has 1 fully saturated rings. The summed E-state index contributed by atoms with van der Waals surface area (Å²) in [7, 11) is -3.76. The Hall–Kier alpha value is -2.03. The Kier molecular flexibility index (Phi) is 5.85. The molecule has 5 nitrogen and oxygen atoms in total. The number of nitrogens with zero attached hydrogens (tertiary/aromatic N) is 1. The summed E-state index contributed by atoms with van der Waals surface area (Å²) in [4.78, 5) is 0.0877. The molecule has 1 heterocycles. The summed E-state index contributed by atoms with van der Waals surface area (Å²) in [6.45, 7) is 0.105. The van der Waals surface area contributed by atoms with E-state index in [4.69, 9.17) is 9.47 Å².